The fourth-order valence-electron chi connectivity index (χ4n) is 5.01. The zero-order chi connectivity index (χ0) is 29.8. The van der Waals surface area contributed by atoms with Crippen molar-refractivity contribution in [3.8, 4) is 0 Å². The number of ketones is 1. The zero-order valence-corrected chi connectivity index (χ0v) is 22.3. The van der Waals surface area contributed by atoms with Crippen LogP contribution < -0.4 is 16.8 Å². The first-order chi connectivity index (χ1) is 19.3. The number of aromatic nitrogens is 1. The van der Waals surface area contributed by atoms with Crippen molar-refractivity contribution in [3.05, 3.63) is 95.7 Å². The number of allylic oxidation sites excluding steroid dienone is 4. The Balaban J connectivity index is 1.40. The van der Waals surface area contributed by atoms with Crippen molar-refractivity contribution in [3.63, 3.8) is 0 Å². The molecule has 0 fully saturated rings. The van der Waals surface area contributed by atoms with Gasteiger partial charge >= 0.3 is 12.3 Å². The number of imide groups is 1. The Kier molecular flexibility index (Phi) is 8.50. The van der Waals surface area contributed by atoms with E-state index in [1.807, 2.05) is 30.5 Å². The molecule has 0 bridgehead atoms. The Morgan fingerprint density at radius 1 is 1.10 bits per heavy atom. The van der Waals surface area contributed by atoms with Gasteiger partial charge in [0.25, 0.3) is 0 Å². The first-order valence-electron chi connectivity index (χ1n) is 12.9. The molecule has 0 saturated carbocycles. The molecule has 2 aromatic carbocycles. The lowest BCUT2D eigenvalue weighted by atomic mass is 9.67. The second-order valence-electron chi connectivity index (χ2n) is 10.5. The van der Waals surface area contributed by atoms with E-state index in [2.05, 4.69) is 10.3 Å². The SMILES string of the molecule is CC(N)(CC1(C(=O)[C@@H](N)Cc2c[nH]c3ccccc23)C=CC=CC1)C(=O)NC(=O)OCc1ccc(C(F)(F)F)cc1. The maximum absolute atomic E-state index is 13.8. The average Bonchev–Trinajstić information content (AvgIpc) is 3.34. The molecule has 0 saturated heterocycles. The van der Waals surface area contributed by atoms with E-state index in [9.17, 15) is 27.6 Å². The Labute approximate surface area is 234 Å². The number of carbonyl (C=O) groups excluding carboxylic acids is 3. The third-order valence-corrected chi connectivity index (χ3v) is 7.15. The molecule has 4 rings (SSSR count). The van der Waals surface area contributed by atoms with Crippen molar-refractivity contribution in [2.24, 2.45) is 16.9 Å². The van der Waals surface area contributed by atoms with Gasteiger partial charge in [-0.3, -0.25) is 14.9 Å². The Bertz CT molecular complexity index is 1490. The molecule has 41 heavy (non-hydrogen) atoms. The molecule has 0 spiro atoms. The van der Waals surface area contributed by atoms with Crippen molar-refractivity contribution < 1.29 is 32.3 Å². The number of H-pyrrole nitrogens is 1. The van der Waals surface area contributed by atoms with Gasteiger partial charge < -0.3 is 21.2 Å². The van der Waals surface area contributed by atoms with E-state index in [0.29, 0.717) is 5.56 Å². The minimum atomic E-state index is -4.49. The van der Waals surface area contributed by atoms with Crippen LogP contribution in [0.1, 0.15) is 36.5 Å². The van der Waals surface area contributed by atoms with Gasteiger partial charge in [0.1, 0.15) is 6.61 Å². The lowest BCUT2D eigenvalue weighted by molar-refractivity contribution is -0.137. The maximum Gasteiger partial charge on any atom is 0.416 e. The molecule has 1 aliphatic rings. The second-order valence-corrected chi connectivity index (χ2v) is 10.5. The van der Waals surface area contributed by atoms with Crippen LogP contribution in [-0.2, 0) is 33.5 Å². The molecule has 1 heterocycles. The summed E-state index contributed by atoms with van der Waals surface area (Å²) in [6.07, 6.45) is 3.56. The van der Waals surface area contributed by atoms with Crippen LogP contribution in [0.2, 0.25) is 0 Å². The monoisotopic (exact) mass is 568 g/mol. The number of halogens is 3. The van der Waals surface area contributed by atoms with Crippen molar-refractivity contribution in [2.75, 3.05) is 0 Å². The molecule has 6 N–H and O–H groups in total. The van der Waals surface area contributed by atoms with Gasteiger partial charge in [0, 0.05) is 17.1 Å². The lowest BCUT2D eigenvalue weighted by Gasteiger charge is -2.37. The maximum atomic E-state index is 13.8. The highest BCUT2D eigenvalue weighted by Crippen LogP contribution is 2.38. The molecule has 2 amide bonds. The molecule has 1 aromatic heterocycles. The smallest absolute Gasteiger partial charge is 0.416 e. The fraction of sp³-hybridized carbons (Fsp3) is 0.300. The number of carbonyl (C=O) groups is 3. The quantitative estimate of drug-likeness (QED) is 0.295. The highest BCUT2D eigenvalue weighted by atomic mass is 19.4. The number of Topliss-reactive ketones (excluding diaryl/α,β-unsaturated/α-hetero) is 1. The summed E-state index contributed by atoms with van der Waals surface area (Å²) in [4.78, 5) is 42.2. The Morgan fingerprint density at radius 2 is 1.80 bits per heavy atom. The lowest BCUT2D eigenvalue weighted by Crippen LogP contribution is -2.58. The first-order valence-corrected chi connectivity index (χ1v) is 12.9. The number of fused-ring (bicyclic) bond motifs is 1. The van der Waals surface area contributed by atoms with Gasteiger partial charge in [-0.05, 0) is 55.5 Å². The van der Waals surface area contributed by atoms with Crippen LogP contribution in [-0.4, -0.2) is 34.3 Å². The Morgan fingerprint density at radius 3 is 2.46 bits per heavy atom. The number of benzene rings is 2. The number of nitrogens with two attached hydrogens (primary N) is 2. The molecule has 3 aromatic rings. The molecule has 216 valence electrons. The summed E-state index contributed by atoms with van der Waals surface area (Å²) in [5.74, 6) is -1.17. The van der Waals surface area contributed by atoms with Gasteiger partial charge in [0.2, 0.25) is 5.91 Å². The normalized spacial score (nSPS) is 19.0. The van der Waals surface area contributed by atoms with Gasteiger partial charge in [-0.25, -0.2) is 4.79 Å². The van der Waals surface area contributed by atoms with Crippen LogP contribution in [0.3, 0.4) is 0 Å². The first kappa shape index (κ1) is 29.8. The summed E-state index contributed by atoms with van der Waals surface area (Å²) < 4.78 is 43.2. The van der Waals surface area contributed by atoms with Crippen molar-refractivity contribution in [1.29, 1.82) is 0 Å². The number of alkyl carbamates (subject to hydrolysis) is 1. The highest BCUT2D eigenvalue weighted by molar-refractivity contribution is 5.99. The topological polar surface area (TPSA) is 140 Å². The zero-order valence-electron chi connectivity index (χ0n) is 22.3. The Hall–Kier alpha value is -4.22. The number of ether oxygens (including phenoxy) is 1. The van der Waals surface area contributed by atoms with E-state index in [1.54, 1.807) is 24.3 Å². The molecule has 8 nitrogen and oxygen atoms in total. The second kappa shape index (κ2) is 11.7. The van der Waals surface area contributed by atoms with Gasteiger partial charge in [0.05, 0.1) is 22.6 Å². The van der Waals surface area contributed by atoms with Crippen LogP contribution >= 0.6 is 0 Å². The van der Waals surface area contributed by atoms with Crippen LogP contribution in [0, 0.1) is 5.41 Å². The number of amides is 2. The highest BCUT2D eigenvalue weighted by Gasteiger charge is 2.46. The summed E-state index contributed by atoms with van der Waals surface area (Å²) in [5.41, 5.74) is 11.2. The standard InChI is InChI=1S/C30H31F3N4O4/c1-28(35,26(39)37-27(40)41-17-19-9-11-21(12-10-19)30(31,32)33)18-29(13-5-2-6-14-29)25(38)23(34)15-20-16-36-24-8-4-3-7-22(20)24/h2-13,16,23,36H,14-15,17-18,34-35H2,1H3,(H,37,39,40)/t23-,28?,29?/m0/s1. The number of alkyl halides is 3. The summed E-state index contributed by atoms with van der Waals surface area (Å²) >= 11 is 0. The summed E-state index contributed by atoms with van der Waals surface area (Å²) in [6, 6.07) is 10.8. The number of aromatic amines is 1. The minimum absolute atomic E-state index is 0.140. The van der Waals surface area contributed by atoms with Crippen molar-refractivity contribution in [2.45, 2.75) is 50.6 Å². The number of hydrogen-bond acceptors (Lipinski definition) is 6. The predicted molar refractivity (Wildman–Crippen MR) is 147 cm³/mol. The van der Waals surface area contributed by atoms with Crippen LogP contribution in [0.4, 0.5) is 18.0 Å². The van der Waals surface area contributed by atoms with Gasteiger partial charge in [-0.1, -0.05) is 54.6 Å². The average molecular weight is 569 g/mol. The molecule has 1 aliphatic carbocycles. The minimum Gasteiger partial charge on any atom is -0.444 e. The molecule has 2 unspecified atom stereocenters. The van der Waals surface area contributed by atoms with Gasteiger partial charge in [-0.15, -0.1) is 0 Å². The van der Waals surface area contributed by atoms with Crippen LogP contribution in [0.15, 0.2) is 79.0 Å². The van der Waals surface area contributed by atoms with Gasteiger partial charge in [-0.2, -0.15) is 13.2 Å². The molecule has 0 aliphatic heterocycles. The van der Waals surface area contributed by atoms with E-state index in [4.69, 9.17) is 16.2 Å². The van der Waals surface area contributed by atoms with Gasteiger partial charge in [0.15, 0.2) is 5.78 Å². The number of para-hydroxylation sites is 1. The van der Waals surface area contributed by atoms with Crippen molar-refractivity contribution >= 4 is 28.7 Å². The number of rotatable bonds is 9. The van der Waals surface area contributed by atoms with E-state index < -0.39 is 40.7 Å². The third kappa shape index (κ3) is 6.93. The molecular formula is C30H31F3N4O4. The largest absolute Gasteiger partial charge is 0.444 e. The molecule has 0 radical (unpaired) electrons. The molecular weight excluding hydrogens is 537 g/mol. The van der Waals surface area contributed by atoms with E-state index in [-0.39, 0.29) is 31.7 Å². The van der Waals surface area contributed by atoms with Crippen LogP contribution in [0.25, 0.3) is 10.9 Å². The summed E-state index contributed by atoms with van der Waals surface area (Å²) in [5, 5.41) is 3.02. The van der Waals surface area contributed by atoms with Crippen molar-refractivity contribution in [1.82, 2.24) is 10.3 Å². The van der Waals surface area contributed by atoms with E-state index in [0.717, 1.165) is 28.6 Å². The molecule has 3 atom stereocenters. The number of hydrogen-bond donors (Lipinski definition) is 4. The van der Waals surface area contributed by atoms with E-state index >= 15 is 0 Å². The fourth-order valence-corrected chi connectivity index (χ4v) is 5.01. The summed E-state index contributed by atoms with van der Waals surface area (Å²) in [6.45, 7) is 1.04. The van der Waals surface area contributed by atoms with Crippen LogP contribution in [0.5, 0.6) is 0 Å². The van der Waals surface area contributed by atoms with E-state index in [1.165, 1.54) is 19.1 Å². The molecule has 11 heteroatoms. The predicted octanol–water partition coefficient (Wildman–Crippen LogP) is 4.69. The summed E-state index contributed by atoms with van der Waals surface area (Å²) in [7, 11) is 0. The number of nitrogens with one attached hydrogen (secondary N) is 2. The third-order valence-electron chi connectivity index (χ3n) is 7.15.